The van der Waals surface area contributed by atoms with Crippen molar-refractivity contribution in [2.75, 3.05) is 24.7 Å². The number of esters is 1. The van der Waals surface area contributed by atoms with Gasteiger partial charge in [-0.2, -0.15) is 0 Å². The highest BCUT2D eigenvalue weighted by atomic mass is 16.6. The van der Waals surface area contributed by atoms with Crippen molar-refractivity contribution < 1.29 is 23.8 Å². The third kappa shape index (κ3) is 3.35. The quantitative estimate of drug-likeness (QED) is 0.616. The Balaban J connectivity index is 1.50. The Labute approximate surface area is 157 Å². The van der Waals surface area contributed by atoms with Gasteiger partial charge in [0.25, 0.3) is 0 Å². The molecule has 2 aliphatic heterocycles. The van der Waals surface area contributed by atoms with Crippen molar-refractivity contribution in [1.82, 2.24) is 0 Å². The summed E-state index contributed by atoms with van der Waals surface area (Å²) < 4.78 is 16.7. The van der Waals surface area contributed by atoms with Crippen LogP contribution in [0.15, 0.2) is 36.4 Å². The summed E-state index contributed by atoms with van der Waals surface area (Å²) in [5.41, 5.74) is 2.50. The smallest absolute Gasteiger partial charge is 0.316 e. The second-order valence-corrected chi connectivity index (χ2v) is 6.88. The molecule has 6 heteroatoms. The van der Waals surface area contributed by atoms with E-state index in [-0.39, 0.29) is 18.3 Å². The van der Waals surface area contributed by atoms with E-state index in [2.05, 4.69) is 0 Å². The molecule has 0 saturated carbocycles. The third-order valence-electron chi connectivity index (χ3n) is 4.91. The number of benzene rings is 2. The van der Waals surface area contributed by atoms with Gasteiger partial charge in [-0.1, -0.05) is 18.2 Å². The summed E-state index contributed by atoms with van der Waals surface area (Å²) in [6.45, 7) is 5.09. The molecule has 0 aliphatic carbocycles. The fraction of sp³-hybridized carbons (Fsp3) is 0.333. The van der Waals surface area contributed by atoms with E-state index in [0.29, 0.717) is 42.7 Å². The first-order valence-electron chi connectivity index (χ1n) is 9.01. The average Bonchev–Trinajstić information content (AvgIpc) is 3.06. The predicted octanol–water partition coefficient (Wildman–Crippen LogP) is 3.03. The maximum atomic E-state index is 12.6. The maximum absolute atomic E-state index is 12.6. The molecule has 2 aromatic rings. The second-order valence-electron chi connectivity index (χ2n) is 6.88. The summed E-state index contributed by atoms with van der Waals surface area (Å²) in [6, 6.07) is 11.1. The first kappa shape index (κ1) is 17.4. The van der Waals surface area contributed by atoms with Crippen molar-refractivity contribution in [2.45, 2.75) is 20.3 Å². The number of nitrogens with zero attached hydrogens (tertiary/aromatic N) is 1. The highest BCUT2D eigenvalue weighted by molar-refractivity contribution is 6.00. The lowest BCUT2D eigenvalue weighted by Gasteiger charge is -2.22. The van der Waals surface area contributed by atoms with Crippen molar-refractivity contribution in [1.29, 1.82) is 0 Å². The van der Waals surface area contributed by atoms with Gasteiger partial charge in [0.15, 0.2) is 11.5 Å². The minimum absolute atomic E-state index is 0.102. The number of carbonyl (C=O) groups is 2. The van der Waals surface area contributed by atoms with E-state index < -0.39 is 5.92 Å². The van der Waals surface area contributed by atoms with E-state index in [1.807, 2.05) is 38.1 Å². The Kier molecular flexibility index (Phi) is 4.48. The number of aryl methyl sites for hydroxylation is 2. The normalized spacial score (nSPS) is 18.5. The number of rotatable bonds is 3. The molecule has 1 amide bonds. The third-order valence-corrected chi connectivity index (χ3v) is 4.91. The molecule has 0 N–H and O–H groups in total. The van der Waals surface area contributed by atoms with Gasteiger partial charge in [0.2, 0.25) is 5.91 Å². The number of amides is 1. The van der Waals surface area contributed by atoms with Gasteiger partial charge in [-0.3, -0.25) is 9.59 Å². The van der Waals surface area contributed by atoms with Gasteiger partial charge in [0.05, 0.1) is 5.92 Å². The summed E-state index contributed by atoms with van der Waals surface area (Å²) in [4.78, 5) is 26.7. The Morgan fingerprint density at radius 2 is 1.78 bits per heavy atom. The van der Waals surface area contributed by atoms with Gasteiger partial charge in [0.1, 0.15) is 19.0 Å². The van der Waals surface area contributed by atoms with E-state index in [1.165, 1.54) is 0 Å². The molecule has 2 aliphatic rings. The lowest BCUT2D eigenvalue weighted by molar-refractivity contribution is -0.139. The van der Waals surface area contributed by atoms with Crippen LogP contribution in [0.1, 0.15) is 17.5 Å². The molecule has 27 heavy (non-hydrogen) atoms. The first-order chi connectivity index (χ1) is 13.0. The fourth-order valence-electron chi connectivity index (χ4n) is 3.46. The molecule has 140 valence electrons. The van der Waals surface area contributed by atoms with Crippen molar-refractivity contribution in [3.05, 3.63) is 47.5 Å². The minimum atomic E-state index is -0.496. The maximum Gasteiger partial charge on any atom is 0.316 e. The van der Waals surface area contributed by atoms with Crippen molar-refractivity contribution >= 4 is 17.6 Å². The zero-order valence-electron chi connectivity index (χ0n) is 15.4. The predicted molar refractivity (Wildman–Crippen MR) is 99.4 cm³/mol. The van der Waals surface area contributed by atoms with E-state index >= 15 is 0 Å². The van der Waals surface area contributed by atoms with Gasteiger partial charge in [-0.25, -0.2) is 0 Å². The molecule has 6 nitrogen and oxygen atoms in total. The summed E-state index contributed by atoms with van der Waals surface area (Å²) in [5.74, 6) is 0.893. The van der Waals surface area contributed by atoms with Crippen LogP contribution in [0.5, 0.6) is 17.2 Å². The van der Waals surface area contributed by atoms with E-state index in [1.54, 1.807) is 17.0 Å². The monoisotopic (exact) mass is 367 g/mol. The van der Waals surface area contributed by atoms with Crippen molar-refractivity contribution in [3.8, 4) is 17.2 Å². The summed E-state index contributed by atoms with van der Waals surface area (Å²) in [6.07, 6.45) is 0.137. The number of anilines is 1. The Morgan fingerprint density at radius 3 is 2.52 bits per heavy atom. The molecule has 2 aromatic carbocycles. The van der Waals surface area contributed by atoms with Crippen LogP contribution in [0.25, 0.3) is 0 Å². The fourth-order valence-corrected chi connectivity index (χ4v) is 3.46. The Morgan fingerprint density at radius 1 is 1.07 bits per heavy atom. The number of para-hydroxylation sites is 1. The zero-order chi connectivity index (χ0) is 19.0. The molecule has 4 rings (SSSR count). The lowest BCUT2D eigenvalue weighted by atomic mass is 10.1. The van der Waals surface area contributed by atoms with E-state index in [9.17, 15) is 9.59 Å². The van der Waals surface area contributed by atoms with Gasteiger partial charge >= 0.3 is 5.97 Å². The number of hydrogen-bond donors (Lipinski definition) is 0. The van der Waals surface area contributed by atoms with Crippen LogP contribution >= 0.6 is 0 Å². The van der Waals surface area contributed by atoms with Gasteiger partial charge in [-0.05, 0) is 37.1 Å². The van der Waals surface area contributed by atoms with E-state index in [4.69, 9.17) is 14.2 Å². The van der Waals surface area contributed by atoms with Crippen molar-refractivity contribution in [3.63, 3.8) is 0 Å². The molecule has 1 fully saturated rings. The van der Waals surface area contributed by atoms with Crippen LogP contribution in [-0.2, 0) is 9.59 Å². The molecular formula is C21H21NO5. The largest absolute Gasteiger partial charge is 0.486 e. The van der Waals surface area contributed by atoms with Crippen LogP contribution in [0.4, 0.5) is 5.69 Å². The summed E-state index contributed by atoms with van der Waals surface area (Å²) in [7, 11) is 0. The van der Waals surface area contributed by atoms with Crippen LogP contribution in [0.3, 0.4) is 0 Å². The molecular weight excluding hydrogens is 346 g/mol. The number of fused-ring (bicyclic) bond motifs is 1. The number of carbonyl (C=O) groups excluding carboxylic acids is 2. The molecule has 1 atom stereocenters. The standard InChI is InChI=1S/C21H21NO5/c1-13-4-3-5-14(2)20(13)27-21(24)15-10-19(23)22(12-15)16-6-7-17-18(11-16)26-9-8-25-17/h3-7,11,15H,8-10,12H2,1-2H3/t15-/m0/s1. The molecule has 2 heterocycles. The van der Waals surface area contributed by atoms with Gasteiger partial charge in [-0.15, -0.1) is 0 Å². The summed E-state index contributed by atoms with van der Waals surface area (Å²) in [5, 5.41) is 0. The van der Waals surface area contributed by atoms with Crippen LogP contribution in [0.2, 0.25) is 0 Å². The molecule has 0 aromatic heterocycles. The second kappa shape index (κ2) is 6.95. The first-order valence-corrected chi connectivity index (χ1v) is 9.01. The van der Waals surface area contributed by atoms with Gasteiger partial charge in [0, 0.05) is 24.7 Å². The average molecular weight is 367 g/mol. The zero-order valence-corrected chi connectivity index (χ0v) is 15.4. The van der Waals surface area contributed by atoms with E-state index in [0.717, 1.165) is 11.1 Å². The highest BCUT2D eigenvalue weighted by Crippen LogP contribution is 2.36. The molecule has 0 bridgehead atoms. The Hall–Kier alpha value is -3.02. The minimum Gasteiger partial charge on any atom is -0.486 e. The molecule has 0 unspecified atom stereocenters. The van der Waals surface area contributed by atoms with Crippen molar-refractivity contribution in [2.24, 2.45) is 5.92 Å². The summed E-state index contributed by atoms with van der Waals surface area (Å²) >= 11 is 0. The van der Waals surface area contributed by atoms with Crippen LogP contribution < -0.4 is 19.1 Å². The Bertz CT molecular complexity index is 887. The highest BCUT2D eigenvalue weighted by Gasteiger charge is 2.37. The van der Waals surface area contributed by atoms with Crippen LogP contribution in [-0.4, -0.2) is 31.6 Å². The van der Waals surface area contributed by atoms with Crippen LogP contribution in [0, 0.1) is 19.8 Å². The lowest BCUT2D eigenvalue weighted by Crippen LogP contribution is -2.27. The SMILES string of the molecule is Cc1cccc(C)c1OC(=O)[C@H]1CC(=O)N(c2ccc3c(c2)OCCO3)C1. The topological polar surface area (TPSA) is 65.1 Å². The molecule has 1 saturated heterocycles. The molecule has 0 radical (unpaired) electrons. The van der Waals surface area contributed by atoms with Gasteiger partial charge < -0.3 is 19.1 Å². The molecule has 0 spiro atoms. The number of hydrogen-bond acceptors (Lipinski definition) is 5. The number of ether oxygens (including phenoxy) is 3.